The topological polar surface area (TPSA) is 83.5 Å². The van der Waals surface area contributed by atoms with Crippen LogP contribution in [0.4, 0.5) is 0 Å². The first kappa shape index (κ1) is 10.7. The first-order valence-electron chi connectivity index (χ1n) is 4.43. The van der Waals surface area contributed by atoms with E-state index in [0.29, 0.717) is 0 Å². The highest BCUT2D eigenvalue weighted by molar-refractivity contribution is 6.07. The van der Waals surface area contributed by atoms with E-state index in [0.717, 1.165) is 0 Å². The molecule has 1 aliphatic rings. The van der Waals surface area contributed by atoms with Gasteiger partial charge in [0.15, 0.2) is 0 Å². The Morgan fingerprint density at radius 3 is 2.43 bits per heavy atom. The fraction of sp³-hybridized carbons (Fsp3) is 0.667. The third-order valence-electron chi connectivity index (χ3n) is 2.66. The molecule has 1 fully saturated rings. The molecule has 1 heterocycles. The average molecular weight is 199 g/mol. The van der Waals surface area contributed by atoms with Crippen LogP contribution in [0.1, 0.15) is 26.7 Å². The Labute approximate surface area is 81.5 Å². The van der Waals surface area contributed by atoms with Crippen molar-refractivity contribution in [3.63, 3.8) is 0 Å². The van der Waals surface area contributed by atoms with Gasteiger partial charge in [0.1, 0.15) is 0 Å². The number of amides is 2. The second-order valence-corrected chi connectivity index (χ2v) is 4.03. The molecular weight excluding hydrogens is 186 g/mol. The molecule has 0 aromatic heterocycles. The molecule has 78 valence electrons. The van der Waals surface area contributed by atoms with E-state index in [2.05, 4.69) is 5.32 Å². The lowest BCUT2D eigenvalue weighted by Gasteiger charge is -2.20. The molecule has 1 atom stereocenters. The summed E-state index contributed by atoms with van der Waals surface area (Å²) in [6.45, 7) is 3.31. The standard InChI is InChI=1S/C9H13NO4/c1-9(2)5(3-4-6(11)12)7(13)10-8(9)14/h5H,3-4H2,1-2H3,(H,11,12)(H,10,13,14). The summed E-state index contributed by atoms with van der Waals surface area (Å²) in [5, 5.41) is 10.7. The maximum atomic E-state index is 11.3. The van der Waals surface area contributed by atoms with Gasteiger partial charge in [0.25, 0.3) is 0 Å². The van der Waals surface area contributed by atoms with Crippen molar-refractivity contribution >= 4 is 17.8 Å². The fourth-order valence-corrected chi connectivity index (χ4v) is 1.61. The van der Waals surface area contributed by atoms with E-state index in [1.165, 1.54) is 0 Å². The zero-order valence-electron chi connectivity index (χ0n) is 8.16. The van der Waals surface area contributed by atoms with Crippen LogP contribution in [0.5, 0.6) is 0 Å². The van der Waals surface area contributed by atoms with Gasteiger partial charge in [-0.05, 0) is 6.42 Å². The van der Waals surface area contributed by atoms with Crippen molar-refractivity contribution < 1.29 is 19.5 Å². The summed E-state index contributed by atoms with van der Waals surface area (Å²) in [6.07, 6.45) is 0.120. The van der Waals surface area contributed by atoms with E-state index in [1.54, 1.807) is 13.8 Å². The van der Waals surface area contributed by atoms with Crippen molar-refractivity contribution in [3.05, 3.63) is 0 Å². The van der Waals surface area contributed by atoms with E-state index in [1.807, 2.05) is 0 Å². The SMILES string of the molecule is CC1(C)C(=O)NC(=O)C1CCC(=O)O. The number of nitrogens with one attached hydrogen (secondary N) is 1. The number of rotatable bonds is 3. The fourth-order valence-electron chi connectivity index (χ4n) is 1.61. The molecule has 1 saturated heterocycles. The van der Waals surface area contributed by atoms with Crippen molar-refractivity contribution in [3.8, 4) is 0 Å². The Morgan fingerprint density at radius 1 is 1.50 bits per heavy atom. The van der Waals surface area contributed by atoms with Crippen molar-refractivity contribution in [2.75, 3.05) is 0 Å². The number of imide groups is 1. The molecule has 1 aliphatic heterocycles. The van der Waals surface area contributed by atoms with Gasteiger partial charge in [-0.15, -0.1) is 0 Å². The van der Waals surface area contributed by atoms with Crippen LogP contribution in [0, 0.1) is 11.3 Å². The summed E-state index contributed by atoms with van der Waals surface area (Å²) >= 11 is 0. The van der Waals surface area contributed by atoms with Crippen molar-refractivity contribution in [2.45, 2.75) is 26.7 Å². The first-order chi connectivity index (χ1) is 6.35. The van der Waals surface area contributed by atoms with Gasteiger partial charge in [0, 0.05) is 6.42 Å². The molecule has 2 N–H and O–H groups in total. The molecular formula is C9H13NO4. The summed E-state index contributed by atoms with van der Waals surface area (Å²) < 4.78 is 0. The molecule has 0 spiro atoms. The van der Waals surface area contributed by atoms with E-state index in [9.17, 15) is 14.4 Å². The maximum Gasteiger partial charge on any atom is 0.303 e. The van der Waals surface area contributed by atoms with Gasteiger partial charge in [-0.2, -0.15) is 0 Å². The van der Waals surface area contributed by atoms with Crippen LogP contribution < -0.4 is 5.32 Å². The normalized spacial score (nSPS) is 24.9. The Kier molecular flexibility index (Phi) is 2.59. The number of hydrogen-bond donors (Lipinski definition) is 2. The first-order valence-corrected chi connectivity index (χ1v) is 4.43. The Bertz CT molecular complexity index is 295. The highest BCUT2D eigenvalue weighted by Gasteiger charge is 2.47. The third-order valence-corrected chi connectivity index (χ3v) is 2.66. The predicted molar refractivity (Wildman–Crippen MR) is 47.3 cm³/mol. The van der Waals surface area contributed by atoms with Crippen LogP contribution in [0.25, 0.3) is 0 Å². The van der Waals surface area contributed by atoms with E-state index in [4.69, 9.17) is 5.11 Å². The quantitative estimate of drug-likeness (QED) is 0.634. The monoisotopic (exact) mass is 199 g/mol. The predicted octanol–water partition coefficient (Wildman–Crippen LogP) is 0.150. The Balaban J connectivity index is 2.72. The summed E-state index contributed by atoms with van der Waals surface area (Å²) in [5.41, 5.74) is -0.785. The third kappa shape index (κ3) is 1.76. The molecule has 5 nitrogen and oxygen atoms in total. The minimum atomic E-state index is -0.951. The molecule has 14 heavy (non-hydrogen) atoms. The highest BCUT2D eigenvalue weighted by Crippen LogP contribution is 2.35. The molecule has 0 radical (unpaired) electrons. The van der Waals surface area contributed by atoms with Gasteiger partial charge in [-0.1, -0.05) is 13.8 Å². The molecule has 0 aromatic rings. The van der Waals surface area contributed by atoms with E-state index < -0.39 is 17.3 Å². The number of carboxylic acid groups (broad SMARTS) is 1. The summed E-state index contributed by atoms with van der Waals surface area (Å²) in [4.78, 5) is 32.9. The Morgan fingerprint density at radius 2 is 2.07 bits per heavy atom. The smallest absolute Gasteiger partial charge is 0.303 e. The van der Waals surface area contributed by atoms with Crippen LogP contribution in [0.15, 0.2) is 0 Å². The number of carbonyl (C=O) groups excluding carboxylic acids is 2. The van der Waals surface area contributed by atoms with Gasteiger partial charge >= 0.3 is 5.97 Å². The number of hydrogen-bond acceptors (Lipinski definition) is 3. The summed E-state index contributed by atoms with van der Waals surface area (Å²) in [7, 11) is 0. The molecule has 0 aliphatic carbocycles. The van der Waals surface area contributed by atoms with Crippen molar-refractivity contribution in [1.29, 1.82) is 0 Å². The average Bonchev–Trinajstić information content (AvgIpc) is 2.20. The summed E-state index contributed by atoms with van der Waals surface area (Å²) in [5.74, 6) is -2.15. The maximum absolute atomic E-state index is 11.3. The Hall–Kier alpha value is -1.39. The van der Waals surface area contributed by atoms with Gasteiger partial charge in [0.2, 0.25) is 11.8 Å². The van der Waals surface area contributed by atoms with Crippen molar-refractivity contribution in [2.24, 2.45) is 11.3 Å². The zero-order chi connectivity index (χ0) is 10.9. The minimum Gasteiger partial charge on any atom is -0.481 e. The zero-order valence-corrected chi connectivity index (χ0v) is 8.16. The van der Waals surface area contributed by atoms with E-state index in [-0.39, 0.29) is 24.7 Å². The molecule has 1 unspecified atom stereocenters. The van der Waals surface area contributed by atoms with Crippen LogP contribution in [0.3, 0.4) is 0 Å². The lowest BCUT2D eigenvalue weighted by atomic mass is 9.78. The van der Waals surface area contributed by atoms with Gasteiger partial charge in [-0.25, -0.2) is 0 Å². The molecule has 2 amide bonds. The van der Waals surface area contributed by atoms with Gasteiger partial charge in [0.05, 0.1) is 11.3 Å². The molecule has 0 saturated carbocycles. The van der Waals surface area contributed by atoms with Crippen LogP contribution >= 0.6 is 0 Å². The van der Waals surface area contributed by atoms with Gasteiger partial charge < -0.3 is 5.11 Å². The largest absolute Gasteiger partial charge is 0.481 e. The second-order valence-electron chi connectivity index (χ2n) is 4.03. The van der Waals surface area contributed by atoms with E-state index >= 15 is 0 Å². The molecule has 0 bridgehead atoms. The van der Waals surface area contributed by atoms with Crippen LogP contribution in [0.2, 0.25) is 0 Å². The molecule has 1 rings (SSSR count). The lowest BCUT2D eigenvalue weighted by molar-refractivity contribution is -0.138. The highest BCUT2D eigenvalue weighted by atomic mass is 16.4. The van der Waals surface area contributed by atoms with Crippen molar-refractivity contribution in [1.82, 2.24) is 5.32 Å². The van der Waals surface area contributed by atoms with Crippen LogP contribution in [-0.2, 0) is 14.4 Å². The minimum absolute atomic E-state index is 0.0885. The van der Waals surface area contributed by atoms with Crippen LogP contribution in [-0.4, -0.2) is 22.9 Å². The molecule has 0 aromatic carbocycles. The number of carboxylic acids is 1. The summed E-state index contributed by atoms with van der Waals surface area (Å²) in [6, 6.07) is 0. The number of carbonyl (C=O) groups is 3. The molecule has 5 heteroatoms. The second kappa shape index (κ2) is 3.40. The number of aliphatic carboxylic acids is 1. The lowest BCUT2D eigenvalue weighted by Crippen LogP contribution is -2.28. The van der Waals surface area contributed by atoms with Gasteiger partial charge in [-0.3, -0.25) is 19.7 Å².